The van der Waals surface area contributed by atoms with E-state index in [1.54, 1.807) is 67.6 Å². The highest BCUT2D eigenvalue weighted by Gasteiger charge is 2.50. The van der Waals surface area contributed by atoms with E-state index in [-0.39, 0.29) is 11.1 Å². The molecule has 0 radical (unpaired) electrons. The molecule has 0 unspecified atom stereocenters. The number of carbonyl (C=O) groups is 2. The number of likely N-dealkylation sites (N-methyl/N-ethyl adjacent to an activating group) is 1. The molecule has 8 heteroatoms. The quantitative estimate of drug-likeness (QED) is 0.578. The maximum absolute atomic E-state index is 12.6. The molecule has 0 spiro atoms. The van der Waals surface area contributed by atoms with Crippen LogP contribution in [-0.4, -0.2) is 65.0 Å². The first-order valence-corrected chi connectivity index (χ1v) is 9.15. The van der Waals surface area contributed by atoms with Gasteiger partial charge in [0, 0.05) is 7.05 Å². The lowest BCUT2D eigenvalue weighted by molar-refractivity contribution is -0.291. The first kappa shape index (κ1) is 20.9. The lowest BCUT2D eigenvalue weighted by Crippen LogP contribution is -2.63. The Labute approximate surface area is 168 Å². The number of carbonyl (C=O) groups excluding carboxylic acids is 2. The van der Waals surface area contributed by atoms with E-state index in [1.165, 1.54) is 7.05 Å². The molecule has 0 aliphatic carbocycles. The van der Waals surface area contributed by atoms with E-state index in [1.807, 2.05) is 0 Å². The van der Waals surface area contributed by atoms with Gasteiger partial charge in [-0.25, -0.2) is 9.59 Å². The van der Waals surface area contributed by atoms with Gasteiger partial charge >= 0.3 is 11.9 Å². The summed E-state index contributed by atoms with van der Waals surface area (Å²) in [4.78, 5) is 25.1. The van der Waals surface area contributed by atoms with Gasteiger partial charge in [0.1, 0.15) is 6.04 Å². The van der Waals surface area contributed by atoms with Crippen LogP contribution in [0.1, 0.15) is 27.6 Å². The Hall–Kier alpha value is -2.78. The Morgan fingerprint density at radius 2 is 1.34 bits per heavy atom. The standard InChI is InChI=1S/C21H23NO7/c1-13-16(22(2)26)17(28-19(23)14-9-5-3-6-10-14)18(21(25)27-13)29-20(24)15-11-7-4-8-12-15/h3-13,16-18,21,25-26H,1-2H3/t13-,16-,17+,18-,21-/m1/s1. The number of hydrogen-bond donors (Lipinski definition) is 2. The second kappa shape index (κ2) is 9.15. The van der Waals surface area contributed by atoms with Gasteiger partial charge in [-0.05, 0) is 31.2 Å². The lowest BCUT2D eigenvalue weighted by Gasteiger charge is -2.44. The Morgan fingerprint density at radius 1 is 0.897 bits per heavy atom. The maximum Gasteiger partial charge on any atom is 0.338 e. The Bertz CT molecular complexity index is 827. The Kier molecular flexibility index (Phi) is 6.60. The molecule has 1 saturated heterocycles. The summed E-state index contributed by atoms with van der Waals surface area (Å²) < 4.78 is 16.4. The van der Waals surface area contributed by atoms with Crippen LogP contribution in [0, 0.1) is 0 Å². The molecule has 2 aromatic carbocycles. The summed E-state index contributed by atoms with van der Waals surface area (Å²) in [5.74, 6) is -1.39. The molecule has 0 aromatic heterocycles. The van der Waals surface area contributed by atoms with Crippen molar-refractivity contribution in [3.05, 3.63) is 71.8 Å². The molecule has 1 aliphatic heterocycles. The molecule has 8 nitrogen and oxygen atoms in total. The van der Waals surface area contributed by atoms with Crippen LogP contribution in [0.15, 0.2) is 60.7 Å². The molecule has 29 heavy (non-hydrogen) atoms. The smallest absolute Gasteiger partial charge is 0.338 e. The molecule has 1 heterocycles. The number of nitrogens with zero attached hydrogens (tertiary/aromatic N) is 1. The highest BCUT2D eigenvalue weighted by Crippen LogP contribution is 2.28. The third-order valence-corrected chi connectivity index (χ3v) is 4.71. The fourth-order valence-corrected chi connectivity index (χ4v) is 3.31. The molecule has 0 amide bonds. The summed E-state index contributed by atoms with van der Waals surface area (Å²) in [5, 5.41) is 21.3. The van der Waals surface area contributed by atoms with Crippen molar-refractivity contribution in [2.24, 2.45) is 0 Å². The molecule has 154 valence electrons. The third-order valence-electron chi connectivity index (χ3n) is 4.71. The van der Waals surface area contributed by atoms with E-state index in [9.17, 15) is 19.9 Å². The van der Waals surface area contributed by atoms with Gasteiger partial charge in [0.15, 0.2) is 18.5 Å². The summed E-state index contributed by atoms with van der Waals surface area (Å²) in [6, 6.07) is 15.6. The zero-order valence-corrected chi connectivity index (χ0v) is 16.0. The van der Waals surface area contributed by atoms with E-state index in [2.05, 4.69) is 0 Å². The fraction of sp³-hybridized carbons (Fsp3) is 0.333. The van der Waals surface area contributed by atoms with Crippen LogP contribution >= 0.6 is 0 Å². The van der Waals surface area contributed by atoms with E-state index >= 15 is 0 Å². The molecule has 0 bridgehead atoms. The van der Waals surface area contributed by atoms with Gasteiger partial charge in [0.25, 0.3) is 0 Å². The zero-order valence-electron chi connectivity index (χ0n) is 16.0. The van der Waals surface area contributed by atoms with Crippen LogP contribution in [0.4, 0.5) is 0 Å². The molecule has 0 saturated carbocycles. The molecule has 5 atom stereocenters. The first-order valence-electron chi connectivity index (χ1n) is 9.15. The number of rotatable bonds is 5. The van der Waals surface area contributed by atoms with Crippen molar-refractivity contribution in [1.29, 1.82) is 0 Å². The van der Waals surface area contributed by atoms with Crippen LogP contribution in [0.3, 0.4) is 0 Å². The maximum atomic E-state index is 12.6. The van der Waals surface area contributed by atoms with Gasteiger partial charge in [-0.1, -0.05) is 36.4 Å². The molecule has 1 aliphatic rings. The number of aliphatic hydroxyl groups excluding tert-OH is 1. The van der Waals surface area contributed by atoms with Gasteiger partial charge < -0.3 is 24.5 Å². The van der Waals surface area contributed by atoms with Gasteiger partial charge in [0.05, 0.1) is 17.2 Å². The normalized spacial score (nSPS) is 26.7. The van der Waals surface area contributed by atoms with E-state index < -0.39 is 42.6 Å². The predicted octanol–water partition coefficient (Wildman–Crippen LogP) is 1.86. The van der Waals surface area contributed by atoms with E-state index in [0.29, 0.717) is 0 Å². The highest BCUT2D eigenvalue weighted by atomic mass is 16.7. The predicted molar refractivity (Wildman–Crippen MR) is 101 cm³/mol. The molecule has 1 fully saturated rings. The summed E-state index contributed by atoms with van der Waals surface area (Å²) in [5.41, 5.74) is 0.550. The molecule has 3 rings (SSSR count). The molecule has 2 aromatic rings. The van der Waals surface area contributed by atoms with Crippen LogP contribution < -0.4 is 0 Å². The van der Waals surface area contributed by atoms with E-state index in [0.717, 1.165) is 5.06 Å². The monoisotopic (exact) mass is 401 g/mol. The van der Waals surface area contributed by atoms with Crippen molar-refractivity contribution in [2.75, 3.05) is 7.05 Å². The molecular weight excluding hydrogens is 378 g/mol. The second-order valence-electron chi connectivity index (χ2n) is 6.77. The summed E-state index contributed by atoms with van der Waals surface area (Å²) in [6.45, 7) is 1.61. The van der Waals surface area contributed by atoms with Crippen LogP contribution in [0.25, 0.3) is 0 Å². The number of benzene rings is 2. The third kappa shape index (κ3) is 4.80. The van der Waals surface area contributed by atoms with Crippen LogP contribution in [0.5, 0.6) is 0 Å². The summed E-state index contributed by atoms with van der Waals surface area (Å²) in [6.07, 6.45) is -4.77. The number of hydrogen-bond acceptors (Lipinski definition) is 8. The average Bonchev–Trinajstić information content (AvgIpc) is 2.71. The number of esters is 2. The minimum atomic E-state index is -1.54. The summed E-state index contributed by atoms with van der Waals surface area (Å²) in [7, 11) is 1.36. The number of ether oxygens (including phenoxy) is 3. The number of hydroxylamine groups is 2. The van der Waals surface area contributed by atoms with Gasteiger partial charge in [-0.15, -0.1) is 0 Å². The molecule has 2 N–H and O–H groups in total. The summed E-state index contributed by atoms with van der Waals surface area (Å²) >= 11 is 0. The van der Waals surface area contributed by atoms with Crippen LogP contribution in [-0.2, 0) is 14.2 Å². The Balaban J connectivity index is 1.87. The second-order valence-corrected chi connectivity index (χ2v) is 6.77. The van der Waals surface area contributed by atoms with Crippen molar-refractivity contribution in [3.63, 3.8) is 0 Å². The SMILES string of the molecule is C[C@H]1O[C@@H](O)[C@H](OC(=O)c2ccccc2)[C@@H](OC(=O)c2ccccc2)[C@@H]1N(C)O. The first-order chi connectivity index (χ1) is 13.9. The van der Waals surface area contributed by atoms with Crippen molar-refractivity contribution in [2.45, 2.75) is 37.6 Å². The van der Waals surface area contributed by atoms with Crippen molar-refractivity contribution in [1.82, 2.24) is 5.06 Å². The molecular formula is C21H23NO7. The van der Waals surface area contributed by atoms with Gasteiger partial charge in [-0.2, -0.15) is 5.06 Å². The van der Waals surface area contributed by atoms with Gasteiger partial charge in [0.2, 0.25) is 0 Å². The van der Waals surface area contributed by atoms with E-state index in [4.69, 9.17) is 14.2 Å². The van der Waals surface area contributed by atoms with Gasteiger partial charge in [-0.3, -0.25) is 0 Å². The minimum absolute atomic E-state index is 0.264. The average molecular weight is 401 g/mol. The topological polar surface area (TPSA) is 106 Å². The lowest BCUT2D eigenvalue weighted by atomic mass is 9.96. The largest absolute Gasteiger partial charge is 0.453 e. The number of aliphatic hydroxyl groups is 1. The van der Waals surface area contributed by atoms with Crippen molar-refractivity contribution in [3.8, 4) is 0 Å². The van der Waals surface area contributed by atoms with Crippen molar-refractivity contribution >= 4 is 11.9 Å². The Morgan fingerprint density at radius 3 is 1.79 bits per heavy atom. The minimum Gasteiger partial charge on any atom is -0.453 e. The van der Waals surface area contributed by atoms with Crippen LogP contribution in [0.2, 0.25) is 0 Å². The fourth-order valence-electron chi connectivity index (χ4n) is 3.31. The zero-order chi connectivity index (χ0) is 21.0. The highest BCUT2D eigenvalue weighted by molar-refractivity contribution is 5.90. The van der Waals surface area contributed by atoms with Crippen molar-refractivity contribution < 1.29 is 34.1 Å².